The lowest BCUT2D eigenvalue weighted by Gasteiger charge is -2.28. The van der Waals surface area contributed by atoms with Crippen LogP contribution in [0.15, 0.2) is 71.7 Å². The highest BCUT2D eigenvalue weighted by Crippen LogP contribution is 2.36. The third-order valence-electron chi connectivity index (χ3n) is 5.19. The maximum Gasteiger partial charge on any atom is 0.411 e. The summed E-state index contributed by atoms with van der Waals surface area (Å²) in [5.74, 6) is -1.26. The van der Waals surface area contributed by atoms with Crippen molar-refractivity contribution in [1.82, 2.24) is 9.47 Å². The molecular formula is C25H24FN3O4. The van der Waals surface area contributed by atoms with Gasteiger partial charge in [0, 0.05) is 18.3 Å². The van der Waals surface area contributed by atoms with Crippen LogP contribution in [0, 0.1) is 5.82 Å². The molecule has 0 aliphatic carbocycles. The van der Waals surface area contributed by atoms with E-state index >= 15 is 0 Å². The molecule has 33 heavy (non-hydrogen) atoms. The molecular weight excluding hydrogens is 425 g/mol. The Hall–Kier alpha value is -3.94. The van der Waals surface area contributed by atoms with Crippen LogP contribution in [0.2, 0.25) is 0 Å². The van der Waals surface area contributed by atoms with Gasteiger partial charge in [0.25, 0.3) is 11.5 Å². The molecule has 2 amide bonds. The van der Waals surface area contributed by atoms with Gasteiger partial charge in [-0.05, 0) is 50.1 Å². The Morgan fingerprint density at radius 1 is 1.06 bits per heavy atom. The van der Waals surface area contributed by atoms with E-state index in [0.29, 0.717) is 11.3 Å². The van der Waals surface area contributed by atoms with Crippen molar-refractivity contribution in [1.29, 1.82) is 0 Å². The SMILES string of the molecule is CC(C)(C)OC(=O)N1Cc2ccccc2C1C(=O)Nc1ccc(-n2ccccc2=O)cc1F. The first-order valence-electron chi connectivity index (χ1n) is 10.5. The molecule has 0 saturated carbocycles. The highest BCUT2D eigenvalue weighted by atomic mass is 19.1. The van der Waals surface area contributed by atoms with Crippen LogP contribution < -0.4 is 10.9 Å². The van der Waals surface area contributed by atoms with Crippen molar-refractivity contribution in [2.24, 2.45) is 0 Å². The molecule has 4 rings (SSSR count). The van der Waals surface area contributed by atoms with Gasteiger partial charge in [0.15, 0.2) is 0 Å². The van der Waals surface area contributed by atoms with Crippen molar-refractivity contribution in [2.45, 2.75) is 39.0 Å². The van der Waals surface area contributed by atoms with Gasteiger partial charge in [-0.15, -0.1) is 0 Å². The molecule has 0 radical (unpaired) electrons. The molecule has 0 fully saturated rings. The first-order chi connectivity index (χ1) is 15.6. The normalized spacial score (nSPS) is 15.2. The van der Waals surface area contributed by atoms with Crippen LogP contribution in [0.4, 0.5) is 14.9 Å². The summed E-state index contributed by atoms with van der Waals surface area (Å²) in [6.07, 6.45) is 0.905. The van der Waals surface area contributed by atoms with E-state index in [1.165, 1.54) is 39.9 Å². The zero-order valence-electron chi connectivity index (χ0n) is 18.5. The van der Waals surface area contributed by atoms with Gasteiger partial charge in [0.2, 0.25) is 0 Å². The molecule has 1 aliphatic heterocycles. The van der Waals surface area contributed by atoms with Crippen LogP contribution in [0.5, 0.6) is 0 Å². The molecule has 1 atom stereocenters. The van der Waals surface area contributed by atoms with Crippen molar-refractivity contribution < 1.29 is 18.7 Å². The number of hydrogen-bond donors (Lipinski definition) is 1. The summed E-state index contributed by atoms with van der Waals surface area (Å²) in [4.78, 5) is 39.4. The molecule has 7 nitrogen and oxygen atoms in total. The number of carbonyl (C=O) groups excluding carboxylic acids is 2. The first kappa shape index (κ1) is 22.3. The van der Waals surface area contributed by atoms with Gasteiger partial charge in [-0.25, -0.2) is 9.18 Å². The number of nitrogens with zero attached hydrogens (tertiary/aromatic N) is 2. The van der Waals surface area contributed by atoms with Crippen molar-refractivity contribution in [3.05, 3.63) is 94.2 Å². The van der Waals surface area contributed by atoms with Crippen molar-refractivity contribution >= 4 is 17.7 Å². The van der Waals surface area contributed by atoms with E-state index in [1.807, 2.05) is 12.1 Å². The second kappa shape index (κ2) is 8.54. The van der Waals surface area contributed by atoms with Crippen LogP contribution in [0.3, 0.4) is 0 Å². The molecule has 1 unspecified atom stereocenters. The summed E-state index contributed by atoms with van der Waals surface area (Å²) >= 11 is 0. The van der Waals surface area contributed by atoms with Gasteiger partial charge in [0.1, 0.15) is 17.5 Å². The highest BCUT2D eigenvalue weighted by molar-refractivity contribution is 5.98. The first-order valence-corrected chi connectivity index (χ1v) is 10.5. The summed E-state index contributed by atoms with van der Waals surface area (Å²) in [6, 6.07) is 15.0. The third-order valence-corrected chi connectivity index (χ3v) is 5.19. The van der Waals surface area contributed by atoms with Gasteiger partial charge in [-0.1, -0.05) is 30.3 Å². The van der Waals surface area contributed by atoms with E-state index < -0.39 is 29.5 Å². The Morgan fingerprint density at radius 2 is 1.79 bits per heavy atom. The van der Waals surface area contributed by atoms with Crippen LogP contribution in [0.25, 0.3) is 5.69 Å². The van der Waals surface area contributed by atoms with E-state index in [-0.39, 0.29) is 17.8 Å². The zero-order valence-corrected chi connectivity index (χ0v) is 18.5. The fraction of sp³-hybridized carbons (Fsp3) is 0.240. The number of hydrogen-bond acceptors (Lipinski definition) is 4. The highest BCUT2D eigenvalue weighted by Gasteiger charge is 2.40. The number of carbonyl (C=O) groups is 2. The topological polar surface area (TPSA) is 80.6 Å². The molecule has 170 valence electrons. The van der Waals surface area contributed by atoms with Gasteiger partial charge in [-0.3, -0.25) is 19.1 Å². The van der Waals surface area contributed by atoms with E-state index in [2.05, 4.69) is 5.32 Å². The zero-order chi connectivity index (χ0) is 23.8. The smallest absolute Gasteiger partial charge is 0.411 e. The molecule has 8 heteroatoms. The number of anilines is 1. The number of halogens is 1. The Kier molecular flexibility index (Phi) is 5.76. The number of aromatic nitrogens is 1. The summed E-state index contributed by atoms with van der Waals surface area (Å²) in [7, 11) is 0. The number of rotatable bonds is 3. The molecule has 2 aromatic carbocycles. The number of pyridine rings is 1. The molecule has 1 aliphatic rings. The predicted octanol–water partition coefficient (Wildman–Crippen LogP) is 4.41. The molecule has 0 bridgehead atoms. The predicted molar refractivity (Wildman–Crippen MR) is 122 cm³/mol. The average molecular weight is 449 g/mol. The summed E-state index contributed by atoms with van der Waals surface area (Å²) in [5, 5.41) is 2.58. The monoisotopic (exact) mass is 449 g/mol. The minimum atomic E-state index is -0.966. The largest absolute Gasteiger partial charge is 0.444 e. The van der Waals surface area contributed by atoms with Gasteiger partial charge in [-0.2, -0.15) is 0 Å². The molecule has 1 aromatic heterocycles. The number of benzene rings is 2. The van der Waals surface area contributed by atoms with Crippen molar-refractivity contribution in [3.63, 3.8) is 0 Å². The van der Waals surface area contributed by atoms with Crippen LogP contribution in [0.1, 0.15) is 37.9 Å². The number of ether oxygens (including phenoxy) is 1. The minimum Gasteiger partial charge on any atom is -0.444 e. The van der Waals surface area contributed by atoms with E-state index in [1.54, 1.807) is 45.0 Å². The molecule has 3 aromatic rings. The Morgan fingerprint density at radius 3 is 2.48 bits per heavy atom. The molecule has 2 heterocycles. The Balaban J connectivity index is 1.61. The standard InChI is InChI=1S/C25H24FN3O4/c1-25(2,3)33-24(32)29-15-16-8-4-5-9-18(16)22(29)23(31)27-20-12-11-17(14-19(20)26)28-13-7-6-10-21(28)30/h4-14,22H,15H2,1-3H3,(H,27,31). The maximum absolute atomic E-state index is 14.9. The molecule has 0 spiro atoms. The summed E-state index contributed by atoms with van der Waals surface area (Å²) < 4.78 is 21.6. The lowest BCUT2D eigenvalue weighted by atomic mass is 10.0. The second-order valence-electron chi connectivity index (χ2n) is 8.77. The van der Waals surface area contributed by atoms with Crippen LogP contribution >= 0.6 is 0 Å². The number of amides is 2. The summed E-state index contributed by atoms with van der Waals surface area (Å²) in [5.41, 5.74) is 0.726. The quantitative estimate of drug-likeness (QED) is 0.643. The third kappa shape index (κ3) is 4.64. The van der Waals surface area contributed by atoms with Crippen LogP contribution in [-0.2, 0) is 16.1 Å². The Labute approximate surface area is 190 Å². The fourth-order valence-electron chi connectivity index (χ4n) is 3.76. The van der Waals surface area contributed by atoms with E-state index in [0.717, 1.165) is 5.56 Å². The van der Waals surface area contributed by atoms with Gasteiger partial charge >= 0.3 is 6.09 Å². The van der Waals surface area contributed by atoms with Gasteiger partial charge < -0.3 is 10.1 Å². The Bertz CT molecular complexity index is 1280. The fourth-order valence-corrected chi connectivity index (χ4v) is 3.76. The number of fused-ring (bicyclic) bond motifs is 1. The lowest BCUT2D eigenvalue weighted by molar-refractivity contribution is -0.121. The van der Waals surface area contributed by atoms with E-state index in [4.69, 9.17) is 4.74 Å². The molecule has 1 N–H and O–H groups in total. The maximum atomic E-state index is 14.9. The average Bonchev–Trinajstić information content (AvgIpc) is 3.14. The van der Waals surface area contributed by atoms with E-state index in [9.17, 15) is 18.8 Å². The summed E-state index contributed by atoms with van der Waals surface area (Å²) in [6.45, 7) is 5.45. The minimum absolute atomic E-state index is 0.0544. The van der Waals surface area contributed by atoms with Crippen molar-refractivity contribution in [3.8, 4) is 5.69 Å². The second-order valence-corrected chi connectivity index (χ2v) is 8.77. The van der Waals surface area contributed by atoms with Gasteiger partial charge in [0.05, 0.1) is 17.9 Å². The number of nitrogens with one attached hydrogen (secondary N) is 1. The van der Waals surface area contributed by atoms with Crippen molar-refractivity contribution in [2.75, 3.05) is 5.32 Å². The lowest BCUT2D eigenvalue weighted by Crippen LogP contribution is -2.40. The van der Waals surface area contributed by atoms with Crippen LogP contribution in [-0.4, -0.2) is 27.1 Å². The molecule has 0 saturated heterocycles.